The van der Waals surface area contributed by atoms with Crippen molar-refractivity contribution < 1.29 is 47.3 Å². The van der Waals surface area contributed by atoms with E-state index in [4.69, 9.17) is 19.9 Å². The molecule has 2 rings (SSSR count). The van der Waals surface area contributed by atoms with Crippen molar-refractivity contribution in [1.29, 1.82) is 0 Å². The lowest BCUT2D eigenvalue weighted by Gasteiger charge is -2.31. The molecule has 2 aliphatic heterocycles. The summed E-state index contributed by atoms with van der Waals surface area (Å²) in [6.45, 7) is 6.57. The number of aliphatic hydroxyl groups excluding tert-OH is 1. The number of thioether (sulfide) groups is 1. The molecule has 2 heterocycles. The summed E-state index contributed by atoms with van der Waals surface area (Å²) in [7, 11) is 1.47. The van der Waals surface area contributed by atoms with Gasteiger partial charge in [0.15, 0.2) is 11.9 Å². The van der Waals surface area contributed by atoms with Crippen LogP contribution in [0.4, 0.5) is 8.78 Å². The standard InChI is InChI=1S/C28H41F2N3O8S/c1-17(2)25(37)19(8-6-5-7-9-20(34)13-39-4)12-21(35)15-42-16-24(36)40-14-22-26(38)28(29,30)27(41-22)33-11-10-23(31)32-18(33)3/h10-11,17,19,22,26-27,38H,3,5-9,12-16H2,1-2,4H3,(H2,31,32)/t19?,22-,26+,27-/m1/s1. The fraction of sp³-hybridized carbons (Fsp3) is 0.679. The van der Waals surface area contributed by atoms with Crippen molar-refractivity contribution in [3.63, 3.8) is 0 Å². The van der Waals surface area contributed by atoms with Crippen molar-refractivity contribution in [2.75, 3.05) is 31.8 Å². The van der Waals surface area contributed by atoms with Gasteiger partial charge in [-0.25, -0.2) is 4.99 Å². The van der Waals surface area contributed by atoms with Gasteiger partial charge in [-0.3, -0.25) is 19.2 Å². The Morgan fingerprint density at radius 1 is 1.21 bits per heavy atom. The van der Waals surface area contributed by atoms with Crippen molar-refractivity contribution in [3.8, 4) is 0 Å². The van der Waals surface area contributed by atoms with Crippen molar-refractivity contribution >= 4 is 40.9 Å². The first kappa shape index (κ1) is 35.5. The van der Waals surface area contributed by atoms with Gasteiger partial charge >= 0.3 is 11.9 Å². The number of nitrogens with two attached hydrogens (primary N) is 1. The topological polar surface area (TPSA) is 158 Å². The van der Waals surface area contributed by atoms with Gasteiger partial charge < -0.3 is 30.0 Å². The number of unbranched alkanes of at least 4 members (excludes halogenated alkanes) is 2. The largest absolute Gasteiger partial charge is 0.462 e. The third kappa shape index (κ3) is 10.5. The molecule has 1 saturated heterocycles. The number of hydrogen-bond acceptors (Lipinski definition) is 12. The average molecular weight is 618 g/mol. The first-order valence-electron chi connectivity index (χ1n) is 13.8. The van der Waals surface area contributed by atoms with Crippen LogP contribution in [0.2, 0.25) is 0 Å². The molecule has 14 heteroatoms. The number of carbonyl (C=O) groups excluding carboxylic acids is 4. The number of alkyl halides is 2. The van der Waals surface area contributed by atoms with E-state index >= 15 is 0 Å². The van der Waals surface area contributed by atoms with E-state index in [1.165, 1.54) is 19.4 Å². The van der Waals surface area contributed by atoms with Crippen LogP contribution in [-0.4, -0.2) is 95.3 Å². The summed E-state index contributed by atoms with van der Waals surface area (Å²) in [5, 5.41) is 10.1. The first-order valence-corrected chi connectivity index (χ1v) is 14.9. The number of aliphatic hydroxyl groups is 1. The van der Waals surface area contributed by atoms with Crippen molar-refractivity contribution in [3.05, 3.63) is 24.7 Å². The SMILES string of the molecule is C=C1N=C(N)C=CN1[C@@H]1O[C@H](COC(=O)CSCC(=O)CC(CCCCCC(=O)COC)C(=O)C(C)C)[C@H](O)C1(F)F. The molecule has 0 aliphatic carbocycles. The monoisotopic (exact) mass is 617 g/mol. The number of Topliss-reactive ketones (excluding diaryl/α,β-unsaturated/α-hetero) is 3. The Hall–Kier alpha value is -2.68. The molecule has 0 aromatic heterocycles. The maximum absolute atomic E-state index is 14.7. The number of nitrogens with zero attached hydrogens (tertiary/aromatic N) is 2. The molecule has 1 unspecified atom stereocenters. The summed E-state index contributed by atoms with van der Waals surface area (Å²) in [5.74, 6) is -5.63. The van der Waals surface area contributed by atoms with E-state index in [1.807, 2.05) is 0 Å². The lowest BCUT2D eigenvalue weighted by molar-refractivity contribution is -0.151. The van der Waals surface area contributed by atoms with Crippen molar-refractivity contribution in [2.24, 2.45) is 22.6 Å². The molecule has 0 amide bonds. The Balaban J connectivity index is 1.75. The second-order valence-electron chi connectivity index (χ2n) is 10.6. The third-order valence-electron chi connectivity index (χ3n) is 6.74. The lowest BCUT2D eigenvalue weighted by Crippen LogP contribution is -2.47. The number of halogens is 2. The molecule has 4 atom stereocenters. The molecular weight excluding hydrogens is 576 g/mol. The summed E-state index contributed by atoms with van der Waals surface area (Å²) in [5.41, 5.74) is 5.53. The van der Waals surface area contributed by atoms with E-state index in [9.17, 15) is 33.1 Å². The highest BCUT2D eigenvalue weighted by Gasteiger charge is 2.61. The summed E-state index contributed by atoms with van der Waals surface area (Å²) >= 11 is 0.986. The summed E-state index contributed by atoms with van der Waals surface area (Å²) in [6.07, 6.45) is -0.0648. The van der Waals surface area contributed by atoms with E-state index in [0.717, 1.165) is 23.1 Å². The lowest BCUT2D eigenvalue weighted by atomic mass is 9.87. The number of ether oxygens (including phenoxy) is 3. The first-order chi connectivity index (χ1) is 19.8. The second kappa shape index (κ2) is 16.8. The molecule has 1 fully saturated rings. The van der Waals surface area contributed by atoms with Crippen LogP contribution in [0.15, 0.2) is 29.7 Å². The Kier molecular flexibility index (Phi) is 14.2. The van der Waals surface area contributed by atoms with Gasteiger partial charge in [0.25, 0.3) is 0 Å². The van der Waals surface area contributed by atoms with Gasteiger partial charge in [-0.15, -0.1) is 11.8 Å². The quantitative estimate of drug-likeness (QED) is 0.162. The Morgan fingerprint density at radius 3 is 2.57 bits per heavy atom. The van der Waals surface area contributed by atoms with Gasteiger partial charge in [0.1, 0.15) is 42.5 Å². The Morgan fingerprint density at radius 2 is 1.93 bits per heavy atom. The molecule has 0 aromatic carbocycles. The predicted molar refractivity (Wildman–Crippen MR) is 153 cm³/mol. The minimum atomic E-state index is -3.72. The number of amidine groups is 1. The normalized spacial score (nSPS) is 22.3. The zero-order valence-electron chi connectivity index (χ0n) is 24.3. The van der Waals surface area contributed by atoms with Crippen LogP contribution >= 0.6 is 11.8 Å². The average Bonchev–Trinajstić information content (AvgIpc) is 3.14. The molecule has 0 bridgehead atoms. The van der Waals surface area contributed by atoms with E-state index in [-0.39, 0.29) is 59.5 Å². The number of methoxy groups -OCH3 is 1. The molecule has 0 saturated carbocycles. The fourth-order valence-corrected chi connectivity index (χ4v) is 5.24. The molecule has 0 aromatic rings. The van der Waals surface area contributed by atoms with E-state index in [0.29, 0.717) is 25.7 Å². The minimum Gasteiger partial charge on any atom is -0.462 e. The zero-order valence-corrected chi connectivity index (χ0v) is 25.1. The van der Waals surface area contributed by atoms with Crippen LogP contribution in [0.1, 0.15) is 52.4 Å². The fourth-order valence-electron chi connectivity index (χ4n) is 4.54. The number of aliphatic imine (C=N–C) groups is 1. The van der Waals surface area contributed by atoms with Gasteiger partial charge in [0.2, 0.25) is 6.23 Å². The summed E-state index contributed by atoms with van der Waals surface area (Å²) in [4.78, 5) is 53.7. The smallest absolute Gasteiger partial charge is 0.320 e. The molecule has 0 radical (unpaired) electrons. The van der Waals surface area contributed by atoms with Gasteiger partial charge in [-0.1, -0.05) is 33.3 Å². The summed E-state index contributed by atoms with van der Waals surface area (Å²) < 4.78 is 44.6. The third-order valence-corrected chi connectivity index (χ3v) is 7.71. The Bertz CT molecular complexity index is 1050. The molecule has 3 N–H and O–H groups in total. The van der Waals surface area contributed by atoms with Crippen LogP contribution in [-0.2, 0) is 33.4 Å². The molecule has 2 aliphatic rings. The maximum Gasteiger partial charge on any atom is 0.320 e. The molecule has 11 nitrogen and oxygen atoms in total. The van der Waals surface area contributed by atoms with Crippen LogP contribution in [0.5, 0.6) is 0 Å². The minimum absolute atomic E-state index is 0.00710. The highest BCUT2D eigenvalue weighted by molar-refractivity contribution is 8.00. The molecule has 42 heavy (non-hydrogen) atoms. The maximum atomic E-state index is 14.7. The van der Waals surface area contributed by atoms with E-state index in [1.54, 1.807) is 13.8 Å². The molecule has 236 valence electrons. The zero-order chi connectivity index (χ0) is 31.4. The van der Waals surface area contributed by atoms with Crippen LogP contribution in [0.3, 0.4) is 0 Å². The van der Waals surface area contributed by atoms with Gasteiger partial charge in [0, 0.05) is 38.0 Å². The van der Waals surface area contributed by atoms with Gasteiger partial charge in [0.05, 0.1) is 11.5 Å². The van der Waals surface area contributed by atoms with Crippen LogP contribution in [0, 0.1) is 11.8 Å². The van der Waals surface area contributed by atoms with Gasteiger partial charge in [-0.05, 0) is 18.9 Å². The number of esters is 1. The Labute approximate surface area is 248 Å². The predicted octanol–water partition coefficient (Wildman–Crippen LogP) is 2.61. The molecule has 0 spiro atoms. The number of rotatable bonds is 19. The highest BCUT2D eigenvalue weighted by Crippen LogP contribution is 2.40. The number of hydrogen-bond donors (Lipinski definition) is 2. The number of ketones is 3. The highest BCUT2D eigenvalue weighted by atomic mass is 32.2. The van der Waals surface area contributed by atoms with Gasteiger partial charge in [-0.2, -0.15) is 8.78 Å². The van der Waals surface area contributed by atoms with Crippen LogP contribution < -0.4 is 5.73 Å². The van der Waals surface area contributed by atoms with Crippen LogP contribution in [0.25, 0.3) is 0 Å². The molecular formula is C28H41F2N3O8S. The van der Waals surface area contributed by atoms with E-state index in [2.05, 4.69) is 11.6 Å². The van der Waals surface area contributed by atoms with Crippen molar-refractivity contribution in [2.45, 2.75) is 76.7 Å². The van der Waals surface area contributed by atoms with E-state index < -0.39 is 42.9 Å². The second-order valence-corrected chi connectivity index (χ2v) is 11.6. The number of carbonyl (C=O) groups is 4. The van der Waals surface area contributed by atoms with Crippen molar-refractivity contribution in [1.82, 2.24) is 4.90 Å². The summed E-state index contributed by atoms with van der Waals surface area (Å²) in [6, 6.07) is 0.